The number of rotatable bonds is 3. The third kappa shape index (κ3) is 1.88. The summed E-state index contributed by atoms with van der Waals surface area (Å²) in [4.78, 5) is 0. The van der Waals surface area contributed by atoms with E-state index in [1.54, 1.807) is 19.3 Å². The molecule has 2 rings (SSSR count). The molecule has 1 fully saturated rings. The Morgan fingerprint density at radius 3 is 2.56 bits per heavy atom. The van der Waals surface area contributed by atoms with Gasteiger partial charge in [0.2, 0.25) is 5.88 Å². The molecule has 0 amide bonds. The summed E-state index contributed by atoms with van der Waals surface area (Å²) in [5.41, 5.74) is -1.65. The SMILES string of the molecule is Cn1ccc(OCC2(C(F)(F)F)CCC2)n1. The van der Waals surface area contributed by atoms with Gasteiger partial charge in [0, 0.05) is 19.3 Å². The summed E-state index contributed by atoms with van der Waals surface area (Å²) in [7, 11) is 1.69. The van der Waals surface area contributed by atoms with Crippen LogP contribution in [0.25, 0.3) is 0 Å². The Morgan fingerprint density at radius 2 is 2.19 bits per heavy atom. The van der Waals surface area contributed by atoms with Gasteiger partial charge in [-0.1, -0.05) is 6.42 Å². The number of ether oxygens (including phenoxy) is 1. The fourth-order valence-corrected chi connectivity index (χ4v) is 1.80. The fraction of sp³-hybridized carbons (Fsp3) is 0.700. The van der Waals surface area contributed by atoms with Crippen molar-refractivity contribution in [3.8, 4) is 5.88 Å². The highest BCUT2D eigenvalue weighted by molar-refractivity contribution is 5.06. The summed E-state index contributed by atoms with van der Waals surface area (Å²) >= 11 is 0. The topological polar surface area (TPSA) is 27.1 Å². The van der Waals surface area contributed by atoms with Crippen molar-refractivity contribution >= 4 is 0 Å². The van der Waals surface area contributed by atoms with Crippen molar-refractivity contribution in [1.82, 2.24) is 9.78 Å². The van der Waals surface area contributed by atoms with Gasteiger partial charge in [-0.25, -0.2) is 0 Å². The second-order valence-corrected chi connectivity index (χ2v) is 4.25. The van der Waals surface area contributed by atoms with Gasteiger partial charge in [-0.15, -0.1) is 5.10 Å². The van der Waals surface area contributed by atoms with Crippen LogP contribution >= 0.6 is 0 Å². The van der Waals surface area contributed by atoms with Gasteiger partial charge in [-0.3, -0.25) is 4.68 Å². The lowest BCUT2D eigenvalue weighted by Gasteiger charge is -2.42. The van der Waals surface area contributed by atoms with Crippen molar-refractivity contribution in [1.29, 1.82) is 0 Å². The molecule has 3 nitrogen and oxygen atoms in total. The summed E-state index contributed by atoms with van der Waals surface area (Å²) in [6.07, 6.45) is -1.62. The van der Waals surface area contributed by atoms with Crippen LogP contribution in [0.2, 0.25) is 0 Å². The van der Waals surface area contributed by atoms with Crippen LogP contribution in [0.1, 0.15) is 19.3 Å². The van der Waals surface area contributed by atoms with E-state index in [-0.39, 0.29) is 25.3 Å². The molecule has 0 radical (unpaired) electrons. The number of nitrogens with zero attached hydrogens (tertiary/aromatic N) is 2. The summed E-state index contributed by atoms with van der Waals surface area (Å²) in [6.45, 7) is -0.326. The summed E-state index contributed by atoms with van der Waals surface area (Å²) in [6, 6.07) is 1.56. The monoisotopic (exact) mass is 234 g/mol. The van der Waals surface area contributed by atoms with Gasteiger partial charge in [0.05, 0.1) is 0 Å². The fourth-order valence-electron chi connectivity index (χ4n) is 1.80. The molecule has 0 spiro atoms. The van der Waals surface area contributed by atoms with E-state index in [1.807, 2.05) is 0 Å². The second-order valence-electron chi connectivity index (χ2n) is 4.25. The second kappa shape index (κ2) is 3.68. The molecular formula is C10H13F3N2O. The smallest absolute Gasteiger partial charge is 0.397 e. The minimum absolute atomic E-state index is 0.156. The Morgan fingerprint density at radius 1 is 1.50 bits per heavy atom. The third-order valence-electron chi connectivity index (χ3n) is 3.10. The lowest BCUT2D eigenvalue weighted by molar-refractivity contribution is -0.259. The average molecular weight is 234 g/mol. The number of aromatic nitrogens is 2. The molecule has 16 heavy (non-hydrogen) atoms. The highest BCUT2D eigenvalue weighted by Gasteiger charge is 2.58. The van der Waals surface area contributed by atoms with E-state index in [2.05, 4.69) is 5.10 Å². The molecule has 6 heteroatoms. The van der Waals surface area contributed by atoms with Crippen LogP contribution in [0.5, 0.6) is 5.88 Å². The molecular weight excluding hydrogens is 221 g/mol. The maximum absolute atomic E-state index is 12.8. The molecule has 1 heterocycles. The first-order valence-electron chi connectivity index (χ1n) is 5.12. The number of alkyl halides is 3. The van der Waals surface area contributed by atoms with E-state index in [9.17, 15) is 13.2 Å². The third-order valence-corrected chi connectivity index (χ3v) is 3.10. The lowest BCUT2D eigenvalue weighted by Crippen LogP contribution is -2.48. The molecule has 0 atom stereocenters. The maximum Gasteiger partial charge on any atom is 0.397 e. The Kier molecular flexibility index (Phi) is 2.59. The Hall–Kier alpha value is -1.20. The molecule has 0 bridgehead atoms. The number of hydrogen-bond acceptors (Lipinski definition) is 2. The van der Waals surface area contributed by atoms with Crippen molar-refractivity contribution in [2.24, 2.45) is 12.5 Å². The molecule has 0 unspecified atom stereocenters. The van der Waals surface area contributed by atoms with E-state index in [1.165, 1.54) is 4.68 Å². The van der Waals surface area contributed by atoms with Crippen molar-refractivity contribution < 1.29 is 17.9 Å². The maximum atomic E-state index is 12.8. The zero-order valence-corrected chi connectivity index (χ0v) is 8.92. The van der Waals surface area contributed by atoms with E-state index in [0.717, 1.165) is 0 Å². The van der Waals surface area contributed by atoms with E-state index >= 15 is 0 Å². The predicted octanol–water partition coefficient (Wildman–Crippen LogP) is 2.53. The molecule has 1 saturated carbocycles. The van der Waals surface area contributed by atoms with Crippen molar-refractivity contribution in [3.63, 3.8) is 0 Å². The standard InChI is InChI=1S/C10H13F3N2O/c1-15-6-3-8(14-15)16-7-9(4-2-5-9)10(11,12)13/h3,6H,2,4-5,7H2,1H3. The van der Waals surface area contributed by atoms with E-state index in [4.69, 9.17) is 4.74 Å². The normalized spacial score (nSPS) is 19.2. The van der Waals surface area contributed by atoms with Gasteiger partial charge in [0.1, 0.15) is 12.0 Å². The lowest BCUT2D eigenvalue weighted by atomic mass is 9.69. The molecule has 1 aliphatic carbocycles. The van der Waals surface area contributed by atoms with Gasteiger partial charge in [-0.05, 0) is 12.8 Å². The first-order chi connectivity index (χ1) is 7.43. The van der Waals surface area contributed by atoms with Gasteiger partial charge in [0.25, 0.3) is 0 Å². The molecule has 0 saturated heterocycles. The van der Waals surface area contributed by atoms with Gasteiger partial charge in [-0.2, -0.15) is 13.2 Å². The minimum Gasteiger partial charge on any atom is -0.476 e. The van der Waals surface area contributed by atoms with Crippen molar-refractivity contribution in [2.75, 3.05) is 6.61 Å². The quantitative estimate of drug-likeness (QED) is 0.803. The number of aryl methyl sites for hydroxylation is 1. The first-order valence-corrected chi connectivity index (χ1v) is 5.12. The summed E-state index contributed by atoms with van der Waals surface area (Å²) < 4.78 is 44.9. The first kappa shape index (κ1) is 11.3. The van der Waals surface area contributed by atoms with E-state index < -0.39 is 11.6 Å². The minimum atomic E-state index is -4.18. The predicted molar refractivity (Wildman–Crippen MR) is 51.0 cm³/mol. The summed E-state index contributed by atoms with van der Waals surface area (Å²) in [5, 5.41) is 3.88. The van der Waals surface area contributed by atoms with Crippen LogP contribution < -0.4 is 4.74 Å². The molecule has 1 aromatic heterocycles. The van der Waals surface area contributed by atoms with Crippen LogP contribution in [-0.4, -0.2) is 22.6 Å². The molecule has 0 aromatic carbocycles. The zero-order valence-electron chi connectivity index (χ0n) is 8.92. The Balaban J connectivity index is 1.98. The molecule has 1 aromatic rings. The van der Waals surface area contributed by atoms with Gasteiger partial charge >= 0.3 is 6.18 Å². The van der Waals surface area contributed by atoms with E-state index in [0.29, 0.717) is 6.42 Å². The van der Waals surface area contributed by atoms with Crippen molar-refractivity contribution in [3.05, 3.63) is 12.3 Å². The van der Waals surface area contributed by atoms with Gasteiger partial charge < -0.3 is 4.74 Å². The van der Waals surface area contributed by atoms with Gasteiger partial charge in [0.15, 0.2) is 0 Å². The molecule has 0 N–H and O–H groups in total. The number of halogens is 3. The van der Waals surface area contributed by atoms with Crippen LogP contribution in [0, 0.1) is 5.41 Å². The highest BCUT2D eigenvalue weighted by Crippen LogP contribution is 2.52. The Bertz CT molecular complexity index is 368. The zero-order chi connectivity index (χ0) is 11.8. The van der Waals surface area contributed by atoms with Crippen LogP contribution in [-0.2, 0) is 7.05 Å². The van der Waals surface area contributed by atoms with Crippen molar-refractivity contribution in [2.45, 2.75) is 25.4 Å². The average Bonchev–Trinajstić information content (AvgIpc) is 2.46. The summed E-state index contributed by atoms with van der Waals surface area (Å²) in [5.74, 6) is 0.248. The van der Waals surface area contributed by atoms with Crippen LogP contribution in [0.4, 0.5) is 13.2 Å². The Labute approximate surface area is 91.2 Å². The number of hydrogen-bond donors (Lipinski definition) is 0. The highest BCUT2D eigenvalue weighted by atomic mass is 19.4. The van der Waals surface area contributed by atoms with Crippen LogP contribution in [0.3, 0.4) is 0 Å². The van der Waals surface area contributed by atoms with Crippen LogP contribution in [0.15, 0.2) is 12.3 Å². The molecule has 90 valence electrons. The largest absolute Gasteiger partial charge is 0.476 e. The molecule has 1 aliphatic rings. The molecule has 0 aliphatic heterocycles.